The molecule has 0 saturated carbocycles. The Morgan fingerprint density at radius 2 is 1.00 bits per heavy atom. The van der Waals surface area contributed by atoms with Gasteiger partial charge in [-0.15, -0.1) is 11.3 Å². The van der Waals surface area contributed by atoms with Crippen molar-refractivity contribution in [1.29, 1.82) is 0 Å². The van der Waals surface area contributed by atoms with Gasteiger partial charge >= 0.3 is 0 Å². The Hall–Kier alpha value is -6.68. The SMILES string of the molecule is CC1(C)c2ccccc2-c2ccc(N(c3ccc(-c4cccc5c4C(C)(C)c4c-5sc5ccccc45)cc3)c3ccc(-c4cccc5oc6ccccc6c45)cc3)cc21. The van der Waals surface area contributed by atoms with Gasteiger partial charge in [0.15, 0.2) is 0 Å². The summed E-state index contributed by atoms with van der Waals surface area (Å²) in [5.41, 5.74) is 19.5. The molecule has 0 atom stereocenters. The summed E-state index contributed by atoms with van der Waals surface area (Å²) >= 11 is 1.93. The first kappa shape index (κ1) is 34.4. The summed E-state index contributed by atoms with van der Waals surface area (Å²) in [5.74, 6) is 0. The highest BCUT2D eigenvalue weighted by atomic mass is 32.1. The van der Waals surface area contributed by atoms with Crippen LogP contribution in [0.15, 0.2) is 180 Å². The lowest BCUT2D eigenvalue weighted by atomic mass is 9.78. The molecule has 0 spiro atoms. The molecule has 2 aromatic heterocycles. The van der Waals surface area contributed by atoms with E-state index < -0.39 is 0 Å². The van der Waals surface area contributed by atoms with Crippen molar-refractivity contribution >= 4 is 60.4 Å². The maximum Gasteiger partial charge on any atom is 0.136 e. The van der Waals surface area contributed by atoms with Gasteiger partial charge in [-0.25, -0.2) is 0 Å². The second-order valence-electron chi connectivity index (χ2n) is 17.3. The van der Waals surface area contributed by atoms with Crippen LogP contribution in [0.25, 0.3) is 75.8 Å². The minimum absolute atomic E-state index is 0.110. The first-order valence-corrected chi connectivity index (χ1v) is 21.4. The van der Waals surface area contributed by atoms with Gasteiger partial charge in [0.05, 0.1) is 0 Å². The Kier molecular flexibility index (Phi) is 7.23. The van der Waals surface area contributed by atoms with Crippen LogP contribution >= 0.6 is 11.3 Å². The highest BCUT2D eigenvalue weighted by Gasteiger charge is 2.40. The van der Waals surface area contributed by atoms with Gasteiger partial charge in [0.2, 0.25) is 0 Å². The summed E-state index contributed by atoms with van der Waals surface area (Å²) in [4.78, 5) is 3.84. The van der Waals surface area contributed by atoms with Gasteiger partial charge in [-0.3, -0.25) is 0 Å². The Labute approximate surface area is 348 Å². The molecule has 0 saturated heterocycles. The number of thiophene rings is 1. The number of hydrogen-bond acceptors (Lipinski definition) is 3. The standard InChI is InChI=1S/C56H41NOS/c1-55(2)46-19-8-5-13-41(46)42-32-31-38(33-47(42)55)57(36-27-23-34(24-28-36)39-16-12-21-49-51(39)43-14-6-9-20-48(43)58-49)37-29-25-35(26-30-37)40-17-11-18-45-52(40)56(3,4)53-44-15-7-10-22-50(44)59-54(45)53/h5-33H,1-4H3. The predicted molar refractivity (Wildman–Crippen MR) is 250 cm³/mol. The number of anilines is 3. The molecular weight excluding hydrogens is 735 g/mol. The van der Waals surface area contributed by atoms with E-state index in [1.807, 2.05) is 17.4 Å². The lowest BCUT2D eigenvalue weighted by Gasteiger charge is -2.29. The van der Waals surface area contributed by atoms with Gasteiger partial charge in [-0.1, -0.05) is 149 Å². The fraction of sp³-hybridized carbons (Fsp3) is 0.107. The number of rotatable bonds is 5. The number of nitrogens with zero attached hydrogens (tertiary/aromatic N) is 1. The van der Waals surface area contributed by atoms with Crippen molar-refractivity contribution in [2.24, 2.45) is 0 Å². The van der Waals surface area contributed by atoms with Crippen molar-refractivity contribution in [1.82, 2.24) is 0 Å². The Morgan fingerprint density at radius 3 is 1.80 bits per heavy atom. The van der Waals surface area contributed by atoms with Gasteiger partial charge in [0.25, 0.3) is 0 Å². The van der Waals surface area contributed by atoms with Crippen molar-refractivity contribution in [3.05, 3.63) is 198 Å². The molecule has 12 rings (SSSR count). The minimum Gasteiger partial charge on any atom is -0.456 e. The molecule has 2 heterocycles. The maximum atomic E-state index is 6.27. The van der Waals surface area contributed by atoms with E-state index in [9.17, 15) is 0 Å². The molecule has 0 aliphatic heterocycles. The molecule has 0 amide bonds. The van der Waals surface area contributed by atoms with E-state index in [1.165, 1.54) is 70.6 Å². The van der Waals surface area contributed by atoms with Crippen LogP contribution in [-0.2, 0) is 10.8 Å². The van der Waals surface area contributed by atoms with E-state index in [-0.39, 0.29) is 10.8 Å². The van der Waals surface area contributed by atoms with Crippen LogP contribution in [-0.4, -0.2) is 0 Å². The number of furan rings is 1. The fourth-order valence-corrected chi connectivity index (χ4v) is 11.9. The minimum atomic E-state index is -0.116. The van der Waals surface area contributed by atoms with E-state index in [2.05, 4.69) is 202 Å². The normalized spacial score (nSPS) is 14.4. The first-order valence-electron chi connectivity index (χ1n) is 20.6. The third-order valence-corrected chi connectivity index (χ3v) is 14.5. The molecular formula is C56H41NOS. The lowest BCUT2D eigenvalue weighted by molar-refractivity contribution is 0.660. The molecule has 0 bridgehead atoms. The van der Waals surface area contributed by atoms with Crippen molar-refractivity contribution in [3.8, 4) is 43.8 Å². The highest BCUT2D eigenvalue weighted by Crippen LogP contribution is 2.58. The monoisotopic (exact) mass is 775 g/mol. The lowest BCUT2D eigenvalue weighted by Crippen LogP contribution is -2.17. The summed E-state index contributed by atoms with van der Waals surface area (Å²) in [6, 6.07) is 64.7. The molecule has 2 nitrogen and oxygen atoms in total. The Balaban J connectivity index is 0.980. The number of para-hydroxylation sites is 1. The van der Waals surface area contributed by atoms with Gasteiger partial charge in [-0.05, 0) is 121 Å². The molecule has 0 unspecified atom stereocenters. The van der Waals surface area contributed by atoms with Gasteiger partial charge in [0.1, 0.15) is 11.2 Å². The third kappa shape index (κ3) is 4.92. The summed E-state index contributed by atoms with van der Waals surface area (Å²) in [6.45, 7) is 9.53. The van der Waals surface area contributed by atoms with Crippen molar-refractivity contribution < 1.29 is 4.42 Å². The summed E-state index contributed by atoms with van der Waals surface area (Å²) in [6.07, 6.45) is 0. The van der Waals surface area contributed by atoms with E-state index in [4.69, 9.17) is 4.42 Å². The molecule has 10 aromatic rings. The molecule has 59 heavy (non-hydrogen) atoms. The van der Waals surface area contributed by atoms with E-state index in [1.54, 1.807) is 0 Å². The maximum absolute atomic E-state index is 6.27. The highest BCUT2D eigenvalue weighted by molar-refractivity contribution is 7.22. The summed E-state index contributed by atoms with van der Waals surface area (Å²) in [7, 11) is 0. The van der Waals surface area contributed by atoms with Gasteiger partial charge < -0.3 is 9.32 Å². The van der Waals surface area contributed by atoms with Crippen molar-refractivity contribution in [2.45, 2.75) is 38.5 Å². The van der Waals surface area contributed by atoms with Crippen LogP contribution in [0.2, 0.25) is 0 Å². The van der Waals surface area contributed by atoms with Gasteiger partial charge in [-0.2, -0.15) is 0 Å². The summed E-state index contributed by atoms with van der Waals surface area (Å²) < 4.78 is 7.63. The average Bonchev–Trinajstić information content (AvgIpc) is 3.98. The zero-order valence-electron chi connectivity index (χ0n) is 33.5. The number of fused-ring (bicyclic) bond motifs is 11. The molecule has 0 fully saturated rings. The van der Waals surface area contributed by atoms with Crippen LogP contribution in [0.1, 0.15) is 49.9 Å². The molecule has 0 N–H and O–H groups in total. The zero-order valence-corrected chi connectivity index (χ0v) is 34.3. The van der Waals surface area contributed by atoms with Crippen LogP contribution in [0.5, 0.6) is 0 Å². The number of benzene rings is 8. The molecule has 282 valence electrons. The van der Waals surface area contributed by atoms with Crippen LogP contribution in [0.3, 0.4) is 0 Å². The molecule has 0 radical (unpaired) electrons. The van der Waals surface area contributed by atoms with Crippen molar-refractivity contribution in [3.63, 3.8) is 0 Å². The van der Waals surface area contributed by atoms with Gasteiger partial charge in [0, 0.05) is 48.2 Å². The molecule has 2 aliphatic rings. The van der Waals surface area contributed by atoms with E-state index in [0.717, 1.165) is 44.6 Å². The quantitative estimate of drug-likeness (QED) is 0.173. The van der Waals surface area contributed by atoms with Crippen LogP contribution in [0.4, 0.5) is 17.1 Å². The third-order valence-electron chi connectivity index (χ3n) is 13.3. The second-order valence-corrected chi connectivity index (χ2v) is 18.3. The first-order chi connectivity index (χ1) is 28.8. The average molecular weight is 776 g/mol. The smallest absolute Gasteiger partial charge is 0.136 e. The van der Waals surface area contributed by atoms with Crippen LogP contribution in [0, 0.1) is 0 Å². The predicted octanol–water partition coefficient (Wildman–Crippen LogP) is 16.2. The Morgan fingerprint density at radius 1 is 0.424 bits per heavy atom. The zero-order chi connectivity index (χ0) is 39.6. The topological polar surface area (TPSA) is 16.4 Å². The van der Waals surface area contributed by atoms with Crippen molar-refractivity contribution in [2.75, 3.05) is 4.90 Å². The molecule has 2 aliphatic carbocycles. The van der Waals surface area contributed by atoms with Crippen LogP contribution < -0.4 is 4.90 Å². The van der Waals surface area contributed by atoms with E-state index in [0.29, 0.717) is 0 Å². The largest absolute Gasteiger partial charge is 0.456 e. The molecule has 3 heteroatoms. The fourth-order valence-electron chi connectivity index (χ4n) is 10.5. The number of hydrogen-bond donors (Lipinski definition) is 0. The van der Waals surface area contributed by atoms with E-state index >= 15 is 0 Å². The summed E-state index contributed by atoms with van der Waals surface area (Å²) in [5, 5.41) is 3.68. The Bertz CT molecular complexity index is 3320. The second kappa shape index (κ2) is 12.4. The molecule has 8 aromatic carbocycles.